The summed E-state index contributed by atoms with van der Waals surface area (Å²) in [5.74, 6) is -1.97. The van der Waals surface area contributed by atoms with Crippen molar-refractivity contribution in [3.05, 3.63) is 78.4 Å². The first-order chi connectivity index (χ1) is 15.6. The molecule has 1 atom stereocenters. The summed E-state index contributed by atoms with van der Waals surface area (Å²) in [6.45, 7) is 16.9. The molecule has 1 unspecified atom stereocenters. The van der Waals surface area contributed by atoms with Crippen LogP contribution in [0.4, 0.5) is 0 Å². The first-order valence-corrected chi connectivity index (χ1v) is 10.5. The van der Waals surface area contributed by atoms with Crippen LogP contribution in [-0.2, 0) is 28.6 Å². The predicted octanol–water partition coefficient (Wildman–Crippen LogP) is 4.75. The van der Waals surface area contributed by atoms with E-state index in [9.17, 15) is 14.4 Å². The molecule has 0 saturated carbocycles. The molecule has 33 heavy (non-hydrogen) atoms. The largest absolute Gasteiger partial charge is 0.478 e. The molecule has 1 aromatic carbocycles. The van der Waals surface area contributed by atoms with Gasteiger partial charge in [0.2, 0.25) is 0 Å². The number of carboxylic acids is 1. The molecule has 1 aliphatic heterocycles. The number of rotatable bonds is 10. The molecule has 1 fully saturated rings. The number of esters is 2. The van der Waals surface area contributed by atoms with Gasteiger partial charge in [0.25, 0.3) is 0 Å². The third-order valence-electron chi connectivity index (χ3n) is 3.91. The molecule has 1 N–H and O–H groups in total. The lowest BCUT2D eigenvalue weighted by molar-refractivity contribution is -0.140. The van der Waals surface area contributed by atoms with Crippen LogP contribution < -0.4 is 0 Å². The van der Waals surface area contributed by atoms with Gasteiger partial charge in [0, 0.05) is 11.1 Å². The zero-order valence-electron chi connectivity index (χ0n) is 19.7. The van der Waals surface area contributed by atoms with Crippen LogP contribution in [0.2, 0.25) is 0 Å². The highest BCUT2D eigenvalue weighted by Gasteiger charge is 2.24. The van der Waals surface area contributed by atoms with Gasteiger partial charge in [-0.25, -0.2) is 14.4 Å². The summed E-state index contributed by atoms with van der Waals surface area (Å²) >= 11 is 0. The summed E-state index contributed by atoms with van der Waals surface area (Å²) in [7, 11) is 0. The van der Waals surface area contributed by atoms with Crippen molar-refractivity contribution in [2.45, 2.75) is 39.7 Å². The molecule has 0 amide bonds. The van der Waals surface area contributed by atoms with Crippen molar-refractivity contribution < 1.29 is 33.7 Å². The molecule has 0 aliphatic carbocycles. The van der Waals surface area contributed by atoms with Crippen LogP contribution >= 0.6 is 0 Å². The molecular formula is C26H34O7. The number of hydrogen-bond acceptors (Lipinski definition) is 6. The van der Waals surface area contributed by atoms with Crippen LogP contribution in [0.15, 0.2) is 72.9 Å². The number of epoxide rings is 1. The van der Waals surface area contributed by atoms with E-state index in [1.807, 2.05) is 43.3 Å². The summed E-state index contributed by atoms with van der Waals surface area (Å²) < 4.78 is 14.4. The van der Waals surface area contributed by atoms with E-state index < -0.39 is 11.9 Å². The molecule has 0 bridgehead atoms. The smallest absolute Gasteiger partial charge is 0.337 e. The fraction of sp³-hybridized carbons (Fsp3) is 0.346. The van der Waals surface area contributed by atoms with Gasteiger partial charge < -0.3 is 19.3 Å². The second kappa shape index (κ2) is 17.1. The minimum Gasteiger partial charge on any atom is -0.478 e. The molecule has 180 valence electrons. The highest BCUT2D eigenvalue weighted by Crippen LogP contribution is 2.09. The Morgan fingerprint density at radius 1 is 1.12 bits per heavy atom. The number of carbonyl (C=O) groups excluding carboxylic acids is 2. The number of ether oxygens (including phenoxy) is 3. The van der Waals surface area contributed by atoms with Crippen LogP contribution in [0.25, 0.3) is 6.08 Å². The van der Waals surface area contributed by atoms with E-state index in [2.05, 4.69) is 19.7 Å². The number of benzene rings is 1. The lowest BCUT2D eigenvalue weighted by Crippen LogP contribution is -2.09. The van der Waals surface area contributed by atoms with Gasteiger partial charge >= 0.3 is 17.9 Å². The minimum absolute atomic E-state index is 0.0611. The van der Waals surface area contributed by atoms with Crippen LogP contribution in [0.1, 0.15) is 39.2 Å². The molecule has 0 spiro atoms. The van der Waals surface area contributed by atoms with Crippen molar-refractivity contribution in [1.82, 2.24) is 0 Å². The Morgan fingerprint density at radius 3 is 2.15 bits per heavy atom. The van der Waals surface area contributed by atoms with E-state index in [-0.39, 0.29) is 23.2 Å². The Balaban J connectivity index is 0.000000490. The summed E-state index contributed by atoms with van der Waals surface area (Å²) in [6, 6.07) is 10.0. The maximum absolute atomic E-state index is 11.2. The van der Waals surface area contributed by atoms with Gasteiger partial charge in [-0.15, -0.1) is 0 Å². The van der Waals surface area contributed by atoms with Gasteiger partial charge in [0.1, 0.15) is 12.7 Å². The maximum Gasteiger partial charge on any atom is 0.337 e. The summed E-state index contributed by atoms with van der Waals surface area (Å²) in [6.07, 6.45) is 4.91. The Morgan fingerprint density at radius 2 is 1.73 bits per heavy atom. The number of carboxylic acid groups (broad SMARTS) is 1. The quantitative estimate of drug-likeness (QED) is 0.177. The molecule has 2 rings (SSSR count). The van der Waals surface area contributed by atoms with Crippen molar-refractivity contribution in [3.63, 3.8) is 0 Å². The van der Waals surface area contributed by atoms with E-state index in [1.165, 1.54) is 18.6 Å². The molecule has 1 aromatic rings. The Kier molecular flexibility index (Phi) is 15.4. The first kappa shape index (κ1) is 29.5. The SMILES string of the molecule is C=C(C)C(=O)OCC1CO1.C=C(C=C(C)C(=O)O)C(=O)OCCCC.C=Cc1ccccc1. The van der Waals surface area contributed by atoms with Gasteiger partial charge in [-0.2, -0.15) is 0 Å². The van der Waals surface area contributed by atoms with Gasteiger partial charge in [0.15, 0.2) is 0 Å². The van der Waals surface area contributed by atoms with Crippen LogP contribution in [-0.4, -0.2) is 48.9 Å². The average molecular weight is 459 g/mol. The fourth-order valence-electron chi connectivity index (χ4n) is 1.83. The molecular weight excluding hydrogens is 424 g/mol. The minimum atomic E-state index is -1.07. The lowest BCUT2D eigenvalue weighted by Gasteiger charge is -2.03. The predicted molar refractivity (Wildman–Crippen MR) is 128 cm³/mol. The number of hydrogen-bond donors (Lipinski definition) is 1. The number of unbranched alkanes of at least 4 members (excludes halogenated alkanes) is 1. The zero-order valence-corrected chi connectivity index (χ0v) is 19.7. The van der Waals surface area contributed by atoms with Gasteiger partial charge in [0.05, 0.1) is 18.8 Å². The van der Waals surface area contributed by atoms with Crippen molar-refractivity contribution in [3.8, 4) is 0 Å². The molecule has 7 nitrogen and oxygen atoms in total. The highest BCUT2D eigenvalue weighted by atomic mass is 16.6. The topological polar surface area (TPSA) is 102 Å². The van der Waals surface area contributed by atoms with E-state index in [0.29, 0.717) is 25.4 Å². The zero-order chi connectivity index (χ0) is 25.2. The van der Waals surface area contributed by atoms with E-state index >= 15 is 0 Å². The van der Waals surface area contributed by atoms with Crippen molar-refractivity contribution in [2.75, 3.05) is 19.8 Å². The van der Waals surface area contributed by atoms with E-state index in [1.54, 1.807) is 6.92 Å². The van der Waals surface area contributed by atoms with E-state index in [4.69, 9.17) is 19.3 Å². The second-order valence-corrected chi connectivity index (χ2v) is 7.10. The molecule has 0 aromatic heterocycles. The van der Waals surface area contributed by atoms with Crippen molar-refractivity contribution >= 4 is 24.0 Å². The standard InChI is InChI=1S/C11H16O4.C8H8.C7H10O3/c1-4-5-6-15-11(14)9(3)7-8(2)10(12)13;1-2-8-6-4-3-5-7-8;1-5(2)7(8)10-4-6-3-9-6/h7H,3-6H2,1-2H3,(H,12,13);2-7H,1H2;6H,1,3-4H2,2H3. The summed E-state index contributed by atoms with van der Waals surface area (Å²) in [5, 5.41) is 8.57. The lowest BCUT2D eigenvalue weighted by atomic mass is 10.2. The van der Waals surface area contributed by atoms with Crippen molar-refractivity contribution in [2.24, 2.45) is 0 Å². The molecule has 1 saturated heterocycles. The highest BCUT2D eigenvalue weighted by molar-refractivity contribution is 5.94. The van der Waals surface area contributed by atoms with Crippen LogP contribution in [0, 0.1) is 0 Å². The second-order valence-electron chi connectivity index (χ2n) is 7.10. The third kappa shape index (κ3) is 15.9. The monoisotopic (exact) mass is 458 g/mol. The first-order valence-electron chi connectivity index (χ1n) is 10.5. The van der Waals surface area contributed by atoms with Gasteiger partial charge in [-0.3, -0.25) is 0 Å². The third-order valence-corrected chi connectivity index (χ3v) is 3.91. The maximum atomic E-state index is 11.2. The van der Waals surface area contributed by atoms with E-state index in [0.717, 1.165) is 12.8 Å². The van der Waals surface area contributed by atoms with Crippen LogP contribution in [0.5, 0.6) is 0 Å². The Bertz CT molecular complexity index is 833. The van der Waals surface area contributed by atoms with Gasteiger partial charge in [-0.05, 0) is 31.9 Å². The fourth-order valence-corrected chi connectivity index (χ4v) is 1.83. The summed E-state index contributed by atoms with van der Waals surface area (Å²) in [5.41, 5.74) is 1.73. The number of aliphatic carboxylic acids is 1. The number of carbonyl (C=O) groups is 3. The van der Waals surface area contributed by atoms with Crippen molar-refractivity contribution in [1.29, 1.82) is 0 Å². The molecule has 7 heteroatoms. The average Bonchev–Trinajstić information content (AvgIpc) is 3.63. The molecule has 1 aliphatic rings. The normalized spacial score (nSPS) is 13.7. The Hall–Kier alpha value is -3.45. The Labute approximate surface area is 196 Å². The molecule has 1 heterocycles. The summed E-state index contributed by atoms with van der Waals surface area (Å²) in [4.78, 5) is 32.4. The van der Waals surface area contributed by atoms with Crippen LogP contribution in [0.3, 0.4) is 0 Å². The van der Waals surface area contributed by atoms with Gasteiger partial charge in [-0.1, -0.05) is 69.5 Å². The molecule has 0 radical (unpaired) electrons.